The van der Waals surface area contributed by atoms with Crippen LogP contribution in [0.3, 0.4) is 0 Å². The molecular formula is C23H34N2O5S. The van der Waals surface area contributed by atoms with Gasteiger partial charge in [-0.25, -0.2) is 0 Å². The zero-order valence-corrected chi connectivity index (χ0v) is 19.6. The van der Waals surface area contributed by atoms with E-state index in [4.69, 9.17) is 4.74 Å². The van der Waals surface area contributed by atoms with Gasteiger partial charge < -0.3 is 15.4 Å². The van der Waals surface area contributed by atoms with Gasteiger partial charge in [0.05, 0.1) is 19.1 Å². The minimum absolute atomic E-state index is 0.0319. The minimum Gasteiger partial charge on any atom is -0.469 e. The second kappa shape index (κ2) is 14.6. The minimum atomic E-state index is -0.735. The molecule has 8 heteroatoms. The number of thioether (sulfide) groups is 1. The van der Waals surface area contributed by atoms with Gasteiger partial charge >= 0.3 is 5.97 Å². The van der Waals surface area contributed by atoms with Gasteiger partial charge in [-0.3, -0.25) is 19.2 Å². The smallest absolute Gasteiger partial charge is 0.309 e. The third-order valence-electron chi connectivity index (χ3n) is 4.92. The first kappa shape index (κ1) is 26.7. The first-order valence-electron chi connectivity index (χ1n) is 10.5. The molecular weight excluding hydrogens is 416 g/mol. The summed E-state index contributed by atoms with van der Waals surface area (Å²) in [4.78, 5) is 49.0. The first-order valence-corrected chi connectivity index (χ1v) is 11.8. The van der Waals surface area contributed by atoms with E-state index in [9.17, 15) is 19.2 Å². The van der Waals surface area contributed by atoms with E-state index >= 15 is 0 Å². The number of esters is 1. The lowest BCUT2D eigenvalue weighted by Crippen LogP contribution is -2.51. The normalized spacial score (nSPS) is 13.7. The number of hydrogen-bond donors (Lipinski definition) is 2. The van der Waals surface area contributed by atoms with Crippen molar-refractivity contribution in [3.8, 4) is 0 Å². The molecule has 0 spiro atoms. The van der Waals surface area contributed by atoms with E-state index in [1.807, 2.05) is 50.4 Å². The lowest BCUT2D eigenvalue weighted by Gasteiger charge is -2.24. The number of rotatable bonds is 15. The van der Waals surface area contributed by atoms with E-state index in [0.717, 1.165) is 5.56 Å². The number of Topliss-reactive ketones (excluding diaryl/α,β-unsaturated/α-hetero) is 1. The van der Waals surface area contributed by atoms with Crippen LogP contribution >= 0.6 is 11.8 Å². The highest BCUT2D eigenvalue weighted by atomic mass is 32.2. The largest absolute Gasteiger partial charge is 0.469 e. The number of nitrogens with one attached hydrogen (secondary N) is 2. The number of methoxy groups -OCH3 is 1. The van der Waals surface area contributed by atoms with Crippen molar-refractivity contribution in [3.05, 3.63) is 35.9 Å². The predicted molar refractivity (Wildman–Crippen MR) is 123 cm³/mol. The van der Waals surface area contributed by atoms with Gasteiger partial charge in [-0.2, -0.15) is 11.8 Å². The third-order valence-corrected chi connectivity index (χ3v) is 5.56. The molecule has 1 aromatic rings. The van der Waals surface area contributed by atoms with Gasteiger partial charge in [0, 0.05) is 6.42 Å². The van der Waals surface area contributed by atoms with Crippen molar-refractivity contribution in [1.29, 1.82) is 0 Å². The highest BCUT2D eigenvalue weighted by Crippen LogP contribution is 2.18. The molecule has 0 bridgehead atoms. The number of ether oxygens (including phenoxy) is 1. The molecule has 0 fully saturated rings. The Morgan fingerprint density at radius 2 is 1.81 bits per heavy atom. The predicted octanol–water partition coefficient (Wildman–Crippen LogP) is 2.38. The standard InChI is InChI=1S/C23H34N2O5S/c1-16(2)12-20(25-22(28)19(24-15-26)10-11-31-4)21(27)14-18(23(29)30-3)13-17-8-6-5-7-9-17/h5-9,15-16,18-20H,10-14H2,1-4H3,(H,24,26)(H,25,28). The molecule has 1 aromatic carbocycles. The third kappa shape index (κ3) is 10.0. The van der Waals surface area contributed by atoms with Crippen molar-refractivity contribution in [2.24, 2.45) is 11.8 Å². The summed E-state index contributed by atoms with van der Waals surface area (Å²) in [5.74, 6) is -0.841. The first-order chi connectivity index (χ1) is 14.8. The average Bonchev–Trinajstić information content (AvgIpc) is 2.75. The quantitative estimate of drug-likeness (QED) is 0.314. The molecule has 0 aliphatic carbocycles. The summed E-state index contributed by atoms with van der Waals surface area (Å²) < 4.78 is 4.91. The summed E-state index contributed by atoms with van der Waals surface area (Å²) in [5, 5.41) is 5.32. The van der Waals surface area contributed by atoms with E-state index < -0.39 is 29.9 Å². The van der Waals surface area contributed by atoms with Gasteiger partial charge in [-0.15, -0.1) is 0 Å². The Morgan fingerprint density at radius 1 is 1.13 bits per heavy atom. The Morgan fingerprint density at radius 3 is 2.35 bits per heavy atom. The second-order valence-electron chi connectivity index (χ2n) is 7.89. The van der Waals surface area contributed by atoms with Gasteiger partial charge in [0.15, 0.2) is 5.78 Å². The summed E-state index contributed by atoms with van der Waals surface area (Å²) in [6.07, 6.45) is 3.67. The van der Waals surface area contributed by atoms with Crippen LogP contribution in [0.1, 0.15) is 38.7 Å². The van der Waals surface area contributed by atoms with Crippen molar-refractivity contribution < 1.29 is 23.9 Å². The van der Waals surface area contributed by atoms with Crippen LogP contribution in [0.5, 0.6) is 0 Å². The van der Waals surface area contributed by atoms with Crippen LogP contribution in [0.4, 0.5) is 0 Å². The summed E-state index contributed by atoms with van der Waals surface area (Å²) in [6.45, 7) is 3.92. The number of carbonyl (C=O) groups is 4. The summed E-state index contributed by atoms with van der Waals surface area (Å²) in [6, 6.07) is 8.00. The Kier molecular flexibility index (Phi) is 12.6. The van der Waals surface area contributed by atoms with Gasteiger partial charge in [0.2, 0.25) is 12.3 Å². The highest BCUT2D eigenvalue weighted by Gasteiger charge is 2.30. The van der Waals surface area contributed by atoms with Crippen molar-refractivity contribution in [2.45, 2.75) is 51.6 Å². The monoisotopic (exact) mass is 450 g/mol. The Hall–Kier alpha value is -2.35. The lowest BCUT2D eigenvalue weighted by atomic mass is 9.89. The molecule has 7 nitrogen and oxygen atoms in total. The number of hydrogen-bond acceptors (Lipinski definition) is 6. The molecule has 0 aliphatic rings. The number of benzene rings is 1. The molecule has 1 rings (SSSR count). The van der Waals surface area contributed by atoms with Crippen molar-refractivity contribution in [2.75, 3.05) is 19.1 Å². The van der Waals surface area contributed by atoms with Crippen LogP contribution in [0, 0.1) is 11.8 Å². The molecule has 0 heterocycles. The van der Waals surface area contributed by atoms with Crippen LogP contribution in [0.25, 0.3) is 0 Å². The van der Waals surface area contributed by atoms with E-state index in [1.54, 1.807) is 11.8 Å². The lowest BCUT2D eigenvalue weighted by molar-refractivity contribution is -0.147. The van der Waals surface area contributed by atoms with Crippen LogP contribution in [-0.4, -0.2) is 55.3 Å². The molecule has 0 radical (unpaired) electrons. The molecule has 0 aromatic heterocycles. The maximum Gasteiger partial charge on any atom is 0.309 e. The zero-order chi connectivity index (χ0) is 23.2. The molecule has 172 valence electrons. The Bertz CT molecular complexity index is 711. The second-order valence-corrected chi connectivity index (χ2v) is 8.88. The fraction of sp³-hybridized carbons (Fsp3) is 0.565. The van der Waals surface area contributed by atoms with E-state index in [2.05, 4.69) is 10.6 Å². The molecule has 0 saturated heterocycles. The summed E-state index contributed by atoms with van der Waals surface area (Å²) in [7, 11) is 1.31. The maximum absolute atomic E-state index is 13.1. The topological polar surface area (TPSA) is 102 Å². The zero-order valence-electron chi connectivity index (χ0n) is 18.8. The van der Waals surface area contributed by atoms with Crippen molar-refractivity contribution in [3.63, 3.8) is 0 Å². The highest BCUT2D eigenvalue weighted by molar-refractivity contribution is 7.98. The van der Waals surface area contributed by atoms with E-state index in [-0.39, 0.29) is 18.1 Å². The maximum atomic E-state index is 13.1. The molecule has 3 atom stereocenters. The molecule has 3 unspecified atom stereocenters. The van der Waals surface area contributed by atoms with Gasteiger partial charge in [0.25, 0.3) is 0 Å². The fourth-order valence-corrected chi connectivity index (χ4v) is 3.78. The van der Waals surface area contributed by atoms with Crippen molar-refractivity contribution >= 4 is 35.8 Å². The van der Waals surface area contributed by atoms with Crippen LogP contribution in [0.2, 0.25) is 0 Å². The van der Waals surface area contributed by atoms with Gasteiger partial charge in [-0.1, -0.05) is 44.2 Å². The van der Waals surface area contributed by atoms with E-state index in [1.165, 1.54) is 7.11 Å². The van der Waals surface area contributed by atoms with Crippen LogP contribution in [0.15, 0.2) is 30.3 Å². The number of ketones is 1. The molecule has 0 aliphatic heterocycles. The fourth-order valence-electron chi connectivity index (χ4n) is 3.31. The number of carbonyl (C=O) groups excluding carboxylic acids is 4. The summed E-state index contributed by atoms with van der Waals surface area (Å²) >= 11 is 1.57. The van der Waals surface area contributed by atoms with Crippen LogP contribution in [-0.2, 0) is 30.3 Å². The van der Waals surface area contributed by atoms with E-state index in [0.29, 0.717) is 31.4 Å². The average molecular weight is 451 g/mol. The summed E-state index contributed by atoms with van der Waals surface area (Å²) in [5.41, 5.74) is 0.933. The molecule has 0 saturated carbocycles. The SMILES string of the molecule is COC(=O)C(CC(=O)C(CC(C)C)NC(=O)C(CCSC)NC=O)Cc1ccccc1. The van der Waals surface area contributed by atoms with Crippen molar-refractivity contribution in [1.82, 2.24) is 10.6 Å². The molecule has 2 amide bonds. The Labute approximate surface area is 189 Å². The van der Waals surface area contributed by atoms with Crippen LogP contribution < -0.4 is 10.6 Å². The number of amides is 2. The van der Waals surface area contributed by atoms with Gasteiger partial charge in [0.1, 0.15) is 6.04 Å². The molecule has 31 heavy (non-hydrogen) atoms. The molecule has 2 N–H and O–H groups in total. The van der Waals surface area contributed by atoms with Gasteiger partial charge in [-0.05, 0) is 42.8 Å². The Balaban J connectivity index is 2.93.